The van der Waals surface area contributed by atoms with Crippen molar-refractivity contribution in [3.63, 3.8) is 0 Å². The van der Waals surface area contributed by atoms with E-state index in [0.717, 1.165) is 35.1 Å². The SMILES string of the molecule is COC(=O)[C@](C)(CO)N(C)Cc1cc(Cl)c(O[C@H]2CCc3c(-c4cccc5c4CC[C@@H]5Oc4cc(OCc5cncc(C#N)c5)c(CN(C)[C@@](C)(CCO)C(=O)OC)cc4Cl)cccc32)cc1OCc1cncc(C#N)c1. The summed E-state index contributed by atoms with van der Waals surface area (Å²) < 4.78 is 36.6. The number of likely N-dealkylation sites (N-methyl/N-ethyl adjacent to an activating group) is 2. The van der Waals surface area contributed by atoms with Crippen LogP contribution in [-0.2, 0) is 58.2 Å². The van der Waals surface area contributed by atoms with Crippen LogP contribution < -0.4 is 18.9 Å². The zero-order chi connectivity index (χ0) is 55.0. The van der Waals surface area contributed by atoms with Gasteiger partial charge in [0, 0.05) is 78.9 Å². The molecule has 0 radical (unpaired) electrons. The van der Waals surface area contributed by atoms with Gasteiger partial charge in [0.2, 0.25) is 0 Å². The molecule has 4 aromatic carbocycles. The van der Waals surface area contributed by atoms with Gasteiger partial charge in [0.25, 0.3) is 0 Å². The monoisotopic (exact) mass is 1080 g/mol. The fourth-order valence-corrected chi connectivity index (χ4v) is 10.5. The number of carbonyl (C=O) groups excluding carboxylic acids is 2. The molecule has 2 aliphatic carbocycles. The number of aliphatic hydroxyl groups excluding tert-OH is 2. The molecule has 77 heavy (non-hydrogen) atoms. The highest BCUT2D eigenvalue weighted by Crippen LogP contribution is 2.47. The molecule has 0 bridgehead atoms. The van der Waals surface area contributed by atoms with Gasteiger partial charge >= 0.3 is 11.9 Å². The summed E-state index contributed by atoms with van der Waals surface area (Å²) in [5.41, 5.74) is 7.52. The number of nitrogens with zero attached hydrogens (tertiary/aromatic N) is 6. The Labute approximate surface area is 458 Å². The Morgan fingerprint density at radius 2 is 1.10 bits per heavy atom. The fraction of sp³-hybridized carbons (Fsp3) is 0.356. The standard InChI is InChI=1S/C59H60Cl2N6O10/c1-58(17-18-68,56(70)72-5)66(3)31-40-21-48(60)54(23-52(40)74-33-38-19-36(25-62)27-64-29-38)76-50-15-13-44-42(9-7-11-46(44)50)43-10-8-12-47-45(43)14-16-51(47)77-55-24-53(75-34-39-20-37(26-63)28-65-30-39)41(22-49(55)61)32-67(4)59(2,35-69)57(71)73-6/h7-12,19-24,27-30,50-51,68-69H,13-18,31-35H2,1-6H3/t50-,51-,58-,59-/m0/s1. The second kappa shape index (κ2) is 24.4. The van der Waals surface area contributed by atoms with Crippen LogP contribution in [0.2, 0.25) is 10.0 Å². The molecule has 0 unspecified atom stereocenters. The molecule has 0 aliphatic heterocycles. The smallest absolute Gasteiger partial charge is 0.328 e. The maximum absolute atomic E-state index is 13.0. The van der Waals surface area contributed by atoms with Crippen LogP contribution in [0.4, 0.5) is 0 Å². The molecule has 0 spiro atoms. The molecule has 18 heteroatoms. The number of nitriles is 2. The number of hydrogen-bond donors (Lipinski definition) is 2. The maximum atomic E-state index is 13.0. The van der Waals surface area contributed by atoms with Crippen LogP contribution in [-0.4, -0.2) is 94.5 Å². The third-order valence-electron chi connectivity index (χ3n) is 14.8. The minimum atomic E-state index is -1.36. The highest BCUT2D eigenvalue weighted by molar-refractivity contribution is 6.32. The zero-order valence-electron chi connectivity index (χ0n) is 43.8. The number of aromatic nitrogens is 2. The molecule has 2 aliphatic rings. The summed E-state index contributed by atoms with van der Waals surface area (Å²) in [7, 11) is 6.06. The van der Waals surface area contributed by atoms with Gasteiger partial charge in [0.15, 0.2) is 0 Å². The number of benzene rings is 4. The molecule has 0 saturated heterocycles. The van der Waals surface area contributed by atoms with Crippen molar-refractivity contribution in [3.05, 3.63) is 163 Å². The number of aliphatic hydroxyl groups is 2. The van der Waals surface area contributed by atoms with E-state index < -0.39 is 29.6 Å². The summed E-state index contributed by atoms with van der Waals surface area (Å²) in [6, 6.07) is 27.2. The van der Waals surface area contributed by atoms with Crippen molar-refractivity contribution in [1.29, 1.82) is 10.5 Å². The number of hydrogen-bond acceptors (Lipinski definition) is 16. The Bertz CT molecular complexity index is 3250. The molecule has 8 rings (SSSR count). The summed E-state index contributed by atoms with van der Waals surface area (Å²) in [5.74, 6) is 0.596. The number of halogens is 2. The first-order valence-corrected chi connectivity index (χ1v) is 25.8. The number of methoxy groups -OCH3 is 2. The Balaban J connectivity index is 1.06. The van der Waals surface area contributed by atoms with Crippen LogP contribution in [0, 0.1) is 22.7 Å². The van der Waals surface area contributed by atoms with E-state index in [-0.39, 0.29) is 51.5 Å². The molecule has 2 aromatic heterocycles. The van der Waals surface area contributed by atoms with Gasteiger partial charge in [-0.25, -0.2) is 4.79 Å². The fourth-order valence-electron chi connectivity index (χ4n) is 10.0. The van der Waals surface area contributed by atoms with Crippen LogP contribution in [0.5, 0.6) is 23.0 Å². The van der Waals surface area contributed by atoms with E-state index in [2.05, 4.69) is 46.4 Å². The summed E-state index contributed by atoms with van der Waals surface area (Å²) in [6.07, 6.45) is 8.51. The van der Waals surface area contributed by atoms with E-state index in [9.17, 15) is 30.3 Å². The zero-order valence-corrected chi connectivity index (χ0v) is 45.3. The lowest BCUT2D eigenvalue weighted by Crippen LogP contribution is -2.53. The number of carbonyl (C=O) groups is 2. The van der Waals surface area contributed by atoms with Crippen molar-refractivity contribution in [2.45, 2.75) is 95.5 Å². The Kier molecular flexibility index (Phi) is 17.7. The third-order valence-corrected chi connectivity index (χ3v) is 15.4. The molecule has 400 valence electrons. The molecule has 2 N–H and O–H groups in total. The molecule has 0 saturated carbocycles. The lowest BCUT2D eigenvalue weighted by molar-refractivity contribution is -0.156. The molecule has 4 atom stereocenters. The van der Waals surface area contributed by atoms with Crippen LogP contribution >= 0.6 is 23.2 Å². The molecule has 6 aromatic rings. The second-order valence-electron chi connectivity index (χ2n) is 19.7. The maximum Gasteiger partial charge on any atom is 0.328 e. The summed E-state index contributed by atoms with van der Waals surface area (Å²) >= 11 is 14.1. The highest BCUT2D eigenvalue weighted by atomic mass is 35.5. The molecular formula is C59H60Cl2N6O10. The minimum absolute atomic E-state index is 0.0780. The van der Waals surface area contributed by atoms with Crippen LogP contribution in [0.1, 0.15) is 101 Å². The molecular weight excluding hydrogens is 1020 g/mol. The number of fused-ring (bicyclic) bond motifs is 2. The summed E-state index contributed by atoms with van der Waals surface area (Å²) in [5, 5.41) is 39.9. The van der Waals surface area contributed by atoms with Crippen LogP contribution in [0.3, 0.4) is 0 Å². The van der Waals surface area contributed by atoms with E-state index in [0.29, 0.717) is 79.3 Å². The first-order valence-electron chi connectivity index (χ1n) is 25.0. The van der Waals surface area contributed by atoms with Gasteiger partial charge in [-0.2, -0.15) is 10.5 Å². The lowest BCUT2D eigenvalue weighted by Gasteiger charge is -2.36. The van der Waals surface area contributed by atoms with E-state index in [4.69, 9.17) is 51.6 Å². The molecule has 0 amide bonds. The number of esters is 2. The van der Waals surface area contributed by atoms with Gasteiger partial charge in [-0.3, -0.25) is 24.6 Å². The van der Waals surface area contributed by atoms with Crippen LogP contribution in [0.25, 0.3) is 11.1 Å². The van der Waals surface area contributed by atoms with Crippen molar-refractivity contribution in [3.8, 4) is 46.3 Å². The van der Waals surface area contributed by atoms with Crippen LogP contribution in [0.15, 0.2) is 97.6 Å². The van der Waals surface area contributed by atoms with Gasteiger partial charge < -0.3 is 38.6 Å². The minimum Gasteiger partial charge on any atom is -0.488 e. The van der Waals surface area contributed by atoms with Gasteiger partial charge in [0.05, 0.1) is 42.0 Å². The summed E-state index contributed by atoms with van der Waals surface area (Å²) in [6.45, 7) is 3.10. The van der Waals surface area contributed by atoms with Gasteiger partial charge in [0.1, 0.15) is 71.6 Å². The van der Waals surface area contributed by atoms with E-state index in [1.165, 1.54) is 37.7 Å². The molecule has 0 fully saturated rings. The number of pyridine rings is 2. The first kappa shape index (κ1) is 55.9. The Hall–Kier alpha value is -7.28. The van der Waals surface area contributed by atoms with Crippen molar-refractivity contribution in [2.75, 3.05) is 41.5 Å². The van der Waals surface area contributed by atoms with Gasteiger partial charge in [-0.1, -0.05) is 59.6 Å². The Morgan fingerprint density at radius 1 is 0.662 bits per heavy atom. The predicted octanol–water partition coefficient (Wildman–Crippen LogP) is 9.59. The average molecular weight is 1080 g/mol. The topological polar surface area (TPSA) is 210 Å². The number of ether oxygens (including phenoxy) is 6. The third kappa shape index (κ3) is 12.0. The molecule has 16 nitrogen and oxygen atoms in total. The van der Waals surface area contributed by atoms with Crippen molar-refractivity contribution in [2.24, 2.45) is 0 Å². The quantitative estimate of drug-likeness (QED) is 0.0606. The van der Waals surface area contributed by atoms with Gasteiger partial charge in [-0.15, -0.1) is 0 Å². The Morgan fingerprint density at radius 3 is 1.52 bits per heavy atom. The largest absolute Gasteiger partial charge is 0.488 e. The molecule has 2 heterocycles. The lowest BCUT2D eigenvalue weighted by atomic mass is 9.91. The van der Waals surface area contributed by atoms with Gasteiger partial charge in [-0.05, 0) is 118 Å². The normalized spacial score (nSPS) is 16.1. The van der Waals surface area contributed by atoms with Crippen molar-refractivity contribution >= 4 is 35.1 Å². The highest BCUT2D eigenvalue weighted by Gasteiger charge is 2.40. The van der Waals surface area contributed by atoms with E-state index in [1.807, 2.05) is 12.1 Å². The average Bonchev–Trinajstić information content (AvgIpc) is 4.12. The summed E-state index contributed by atoms with van der Waals surface area (Å²) in [4.78, 5) is 37.7. The number of rotatable bonds is 22. The first-order chi connectivity index (χ1) is 37.1. The predicted molar refractivity (Wildman–Crippen MR) is 287 cm³/mol. The van der Waals surface area contributed by atoms with E-state index >= 15 is 0 Å². The second-order valence-corrected chi connectivity index (χ2v) is 20.5. The van der Waals surface area contributed by atoms with Crippen molar-refractivity contribution < 1.29 is 48.2 Å². The van der Waals surface area contributed by atoms with E-state index in [1.54, 1.807) is 86.5 Å². The van der Waals surface area contributed by atoms with Crippen molar-refractivity contribution in [1.82, 2.24) is 19.8 Å².